The Bertz CT molecular complexity index is 370. The zero-order valence-electron chi connectivity index (χ0n) is 13.2. The second-order valence-corrected chi connectivity index (χ2v) is 6.05. The SMILES string of the molecule is CCCCC(CC)CC(N)Cc1cc(C)ccc1C. The van der Waals surface area contributed by atoms with Crippen molar-refractivity contribution in [1.82, 2.24) is 0 Å². The van der Waals surface area contributed by atoms with Gasteiger partial charge in [0.2, 0.25) is 0 Å². The molecule has 108 valence electrons. The molecule has 1 heteroatoms. The summed E-state index contributed by atoms with van der Waals surface area (Å²) in [4.78, 5) is 0. The first-order valence-electron chi connectivity index (χ1n) is 7.88. The molecule has 0 radical (unpaired) electrons. The second-order valence-electron chi connectivity index (χ2n) is 6.05. The predicted octanol–water partition coefficient (Wildman–Crippen LogP) is 4.78. The topological polar surface area (TPSA) is 26.0 Å². The van der Waals surface area contributed by atoms with E-state index in [0.717, 1.165) is 12.3 Å². The van der Waals surface area contributed by atoms with Gasteiger partial charge in [-0.05, 0) is 43.7 Å². The van der Waals surface area contributed by atoms with Crippen molar-refractivity contribution in [1.29, 1.82) is 0 Å². The van der Waals surface area contributed by atoms with Crippen LogP contribution < -0.4 is 5.73 Å². The average Bonchev–Trinajstić information content (AvgIpc) is 2.38. The highest BCUT2D eigenvalue weighted by Crippen LogP contribution is 2.20. The molecule has 0 aliphatic heterocycles. The van der Waals surface area contributed by atoms with E-state index in [-0.39, 0.29) is 0 Å². The molecule has 1 rings (SSSR count). The number of benzene rings is 1. The van der Waals surface area contributed by atoms with E-state index < -0.39 is 0 Å². The van der Waals surface area contributed by atoms with E-state index in [1.165, 1.54) is 48.8 Å². The lowest BCUT2D eigenvalue weighted by molar-refractivity contribution is 0.383. The molecule has 19 heavy (non-hydrogen) atoms. The smallest absolute Gasteiger partial charge is 0.00820 e. The summed E-state index contributed by atoms with van der Waals surface area (Å²) < 4.78 is 0. The molecule has 0 aliphatic rings. The van der Waals surface area contributed by atoms with Crippen LogP contribution in [-0.4, -0.2) is 6.04 Å². The summed E-state index contributed by atoms with van der Waals surface area (Å²) in [6.45, 7) is 8.91. The summed E-state index contributed by atoms with van der Waals surface area (Å²) >= 11 is 0. The van der Waals surface area contributed by atoms with Crippen LogP contribution in [0.15, 0.2) is 18.2 Å². The Balaban J connectivity index is 2.53. The average molecular weight is 261 g/mol. The number of rotatable bonds is 8. The highest BCUT2D eigenvalue weighted by atomic mass is 14.6. The Hall–Kier alpha value is -0.820. The molecule has 2 N–H and O–H groups in total. The monoisotopic (exact) mass is 261 g/mol. The zero-order chi connectivity index (χ0) is 14.3. The molecule has 0 aromatic heterocycles. The molecule has 0 amide bonds. The quantitative estimate of drug-likeness (QED) is 0.716. The van der Waals surface area contributed by atoms with Crippen molar-refractivity contribution in [3.05, 3.63) is 34.9 Å². The summed E-state index contributed by atoms with van der Waals surface area (Å²) in [5, 5.41) is 0. The van der Waals surface area contributed by atoms with Gasteiger partial charge in [0.15, 0.2) is 0 Å². The molecule has 1 aromatic rings. The lowest BCUT2D eigenvalue weighted by Crippen LogP contribution is -2.26. The Morgan fingerprint density at radius 2 is 1.89 bits per heavy atom. The van der Waals surface area contributed by atoms with Gasteiger partial charge in [0.1, 0.15) is 0 Å². The van der Waals surface area contributed by atoms with Crippen molar-refractivity contribution in [2.24, 2.45) is 11.7 Å². The van der Waals surface area contributed by atoms with Gasteiger partial charge in [0.05, 0.1) is 0 Å². The van der Waals surface area contributed by atoms with Crippen molar-refractivity contribution in [2.75, 3.05) is 0 Å². The number of hydrogen-bond donors (Lipinski definition) is 1. The molecule has 0 heterocycles. The normalized spacial score (nSPS) is 14.4. The molecule has 0 fully saturated rings. The molecular formula is C18H31N. The summed E-state index contributed by atoms with van der Waals surface area (Å²) in [7, 11) is 0. The van der Waals surface area contributed by atoms with E-state index in [1.807, 2.05) is 0 Å². The van der Waals surface area contributed by atoms with E-state index in [0.29, 0.717) is 6.04 Å². The summed E-state index contributed by atoms with van der Waals surface area (Å²) in [6.07, 6.45) is 7.44. The van der Waals surface area contributed by atoms with Gasteiger partial charge in [-0.2, -0.15) is 0 Å². The standard InChI is InChI=1S/C18H31N/c1-5-7-8-16(6-2)12-18(19)13-17-11-14(3)9-10-15(17)4/h9-11,16,18H,5-8,12-13,19H2,1-4H3. The number of hydrogen-bond acceptors (Lipinski definition) is 1. The van der Waals surface area contributed by atoms with E-state index in [9.17, 15) is 0 Å². The molecule has 2 unspecified atom stereocenters. The molecule has 0 saturated heterocycles. The van der Waals surface area contributed by atoms with Crippen LogP contribution in [0.1, 0.15) is 62.6 Å². The van der Waals surface area contributed by atoms with Gasteiger partial charge in [0, 0.05) is 6.04 Å². The fourth-order valence-electron chi connectivity index (χ4n) is 2.80. The Morgan fingerprint density at radius 1 is 1.16 bits per heavy atom. The van der Waals surface area contributed by atoms with Crippen LogP contribution in [0, 0.1) is 19.8 Å². The van der Waals surface area contributed by atoms with Crippen LogP contribution in [0.4, 0.5) is 0 Å². The highest BCUT2D eigenvalue weighted by Gasteiger charge is 2.13. The Kier molecular flexibility index (Phi) is 7.15. The molecule has 0 aliphatic carbocycles. The van der Waals surface area contributed by atoms with Crippen LogP contribution in [-0.2, 0) is 6.42 Å². The zero-order valence-corrected chi connectivity index (χ0v) is 13.2. The molecule has 2 atom stereocenters. The van der Waals surface area contributed by atoms with Gasteiger partial charge in [-0.25, -0.2) is 0 Å². The first-order chi connectivity index (χ1) is 9.06. The highest BCUT2D eigenvalue weighted by molar-refractivity contribution is 5.31. The molecule has 0 saturated carbocycles. The fraction of sp³-hybridized carbons (Fsp3) is 0.667. The third-order valence-corrected chi connectivity index (χ3v) is 4.17. The predicted molar refractivity (Wildman–Crippen MR) is 85.5 cm³/mol. The van der Waals surface area contributed by atoms with Gasteiger partial charge in [-0.3, -0.25) is 0 Å². The van der Waals surface area contributed by atoms with Crippen molar-refractivity contribution < 1.29 is 0 Å². The van der Waals surface area contributed by atoms with Crippen molar-refractivity contribution in [3.8, 4) is 0 Å². The van der Waals surface area contributed by atoms with Crippen LogP contribution in [0.2, 0.25) is 0 Å². The van der Waals surface area contributed by atoms with Gasteiger partial charge >= 0.3 is 0 Å². The summed E-state index contributed by atoms with van der Waals surface area (Å²) in [5.74, 6) is 0.806. The lowest BCUT2D eigenvalue weighted by atomic mass is 9.89. The van der Waals surface area contributed by atoms with Crippen LogP contribution in [0.3, 0.4) is 0 Å². The van der Waals surface area contributed by atoms with E-state index in [1.54, 1.807) is 0 Å². The van der Waals surface area contributed by atoms with Crippen LogP contribution in [0.25, 0.3) is 0 Å². The largest absolute Gasteiger partial charge is 0.327 e. The van der Waals surface area contributed by atoms with E-state index in [2.05, 4.69) is 45.9 Å². The minimum absolute atomic E-state index is 0.308. The van der Waals surface area contributed by atoms with E-state index >= 15 is 0 Å². The molecule has 0 spiro atoms. The number of nitrogens with two attached hydrogens (primary N) is 1. The molecular weight excluding hydrogens is 230 g/mol. The Labute approximate surface area is 119 Å². The van der Waals surface area contributed by atoms with E-state index in [4.69, 9.17) is 5.73 Å². The third kappa shape index (κ3) is 5.78. The maximum atomic E-state index is 6.37. The molecule has 1 nitrogen and oxygen atoms in total. The van der Waals surface area contributed by atoms with Gasteiger partial charge in [-0.1, -0.05) is 63.3 Å². The second kappa shape index (κ2) is 8.37. The van der Waals surface area contributed by atoms with Gasteiger partial charge < -0.3 is 5.73 Å². The maximum absolute atomic E-state index is 6.37. The Morgan fingerprint density at radius 3 is 2.53 bits per heavy atom. The first-order valence-corrected chi connectivity index (χ1v) is 7.88. The minimum atomic E-state index is 0.308. The minimum Gasteiger partial charge on any atom is -0.327 e. The maximum Gasteiger partial charge on any atom is 0.00820 e. The van der Waals surface area contributed by atoms with Crippen molar-refractivity contribution in [2.45, 2.75) is 72.3 Å². The van der Waals surface area contributed by atoms with Crippen LogP contribution in [0.5, 0.6) is 0 Å². The van der Waals surface area contributed by atoms with Gasteiger partial charge in [-0.15, -0.1) is 0 Å². The summed E-state index contributed by atoms with van der Waals surface area (Å²) in [5.41, 5.74) is 10.5. The fourth-order valence-corrected chi connectivity index (χ4v) is 2.80. The lowest BCUT2D eigenvalue weighted by Gasteiger charge is -2.20. The number of aryl methyl sites for hydroxylation is 2. The van der Waals surface area contributed by atoms with Gasteiger partial charge in [0.25, 0.3) is 0 Å². The molecule has 0 bridgehead atoms. The van der Waals surface area contributed by atoms with Crippen LogP contribution >= 0.6 is 0 Å². The summed E-state index contributed by atoms with van der Waals surface area (Å²) in [6, 6.07) is 7.00. The van der Waals surface area contributed by atoms with Crippen molar-refractivity contribution >= 4 is 0 Å². The van der Waals surface area contributed by atoms with Crippen molar-refractivity contribution in [3.63, 3.8) is 0 Å². The third-order valence-electron chi connectivity index (χ3n) is 4.17. The first kappa shape index (κ1) is 16.2. The molecule has 1 aromatic carbocycles. The number of unbranched alkanes of at least 4 members (excludes halogenated alkanes) is 1.